The van der Waals surface area contributed by atoms with E-state index in [1.54, 1.807) is 0 Å². The fourth-order valence-electron chi connectivity index (χ4n) is 2.90. The van der Waals surface area contributed by atoms with Gasteiger partial charge in [-0.25, -0.2) is 0 Å². The van der Waals surface area contributed by atoms with Crippen molar-refractivity contribution in [1.29, 1.82) is 0 Å². The van der Waals surface area contributed by atoms with Crippen LogP contribution >= 0.6 is 0 Å². The summed E-state index contributed by atoms with van der Waals surface area (Å²) in [5, 5.41) is 0. The largest absolute Gasteiger partial charge is 0.493 e. The van der Waals surface area contributed by atoms with E-state index < -0.39 is 0 Å². The second-order valence-corrected chi connectivity index (χ2v) is 6.05. The smallest absolute Gasteiger partial charge is 0.308 e. The van der Waals surface area contributed by atoms with Crippen LogP contribution in [0.4, 0.5) is 0 Å². The first-order valence-corrected chi connectivity index (χ1v) is 8.07. The van der Waals surface area contributed by atoms with Gasteiger partial charge in [-0.05, 0) is 38.3 Å². The first kappa shape index (κ1) is 17.3. The van der Waals surface area contributed by atoms with Crippen LogP contribution in [0.25, 0.3) is 0 Å². The Morgan fingerprint density at radius 3 is 2.52 bits per heavy atom. The van der Waals surface area contributed by atoms with Crippen LogP contribution in [0.1, 0.15) is 30.4 Å². The number of carbonyl (C=O) groups excluding carboxylic acids is 2. The third kappa shape index (κ3) is 4.71. The van der Waals surface area contributed by atoms with Crippen LogP contribution in [-0.4, -0.2) is 43.6 Å². The third-order valence-corrected chi connectivity index (χ3v) is 4.29. The van der Waals surface area contributed by atoms with Crippen molar-refractivity contribution in [3.63, 3.8) is 0 Å². The molecule has 0 aliphatic carbocycles. The molecule has 1 aromatic rings. The minimum atomic E-state index is -0.171. The van der Waals surface area contributed by atoms with Gasteiger partial charge in [0.15, 0.2) is 0 Å². The van der Waals surface area contributed by atoms with Crippen molar-refractivity contribution in [2.45, 2.75) is 33.1 Å². The van der Waals surface area contributed by atoms with Gasteiger partial charge in [0.05, 0.1) is 26.1 Å². The Bertz CT molecular complexity index is 562. The molecule has 0 aromatic heterocycles. The summed E-state index contributed by atoms with van der Waals surface area (Å²) in [7, 11) is 1.41. The van der Waals surface area contributed by atoms with E-state index in [9.17, 15) is 9.59 Å². The van der Waals surface area contributed by atoms with Crippen LogP contribution in [0.2, 0.25) is 0 Å². The van der Waals surface area contributed by atoms with Gasteiger partial charge in [-0.2, -0.15) is 0 Å². The first-order chi connectivity index (χ1) is 11.0. The number of ether oxygens (including phenoxy) is 2. The number of esters is 1. The number of hydrogen-bond acceptors (Lipinski definition) is 4. The molecular weight excluding hydrogens is 294 g/mol. The van der Waals surface area contributed by atoms with Gasteiger partial charge in [0.1, 0.15) is 5.75 Å². The lowest BCUT2D eigenvalue weighted by Gasteiger charge is -2.30. The number of likely N-dealkylation sites (tertiary alicyclic amines) is 1. The van der Waals surface area contributed by atoms with Gasteiger partial charge < -0.3 is 14.4 Å². The molecule has 2 rings (SSSR count). The van der Waals surface area contributed by atoms with Crippen LogP contribution in [0.15, 0.2) is 18.2 Å². The highest BCUT2D eigenvalue weighted by molar-refractivity contribution is 5.77. The molecule has 1 amide bonds. The number of piperidine rings is 1. The molecule has 0 atom stereocenters. The van der Waals surface area contributed by atoms with Crippen molar-refractivity contribution < 1.29 is 19.1 Å². The van der Waals surface area contributed by atoms with Crippen molar-refractivity contribution in [3.8, 4) is 5.75 Å². The number of amides is 1. The summed E-state index contributed by atoms with van der Waals surface area (Å²) in [4.78, 5) is 25.5. The van der Waals surface area contributed by atoms with E-state index >= 15 is 0 Å². The molecule has 5 nitrogen and oxygen atoms in total. The number of methoxy groups -OCH3 is 1. The van der Waals surface area contributed by atoms with Crippen LogP contribution in [-0.2, 0) is 14.3 Å². The summed E-state index contributed by atoms with van der Waals surface area (Å²) in [6, 6.07) is 6.01. The lowest BCUT2D eigenvalue weighted by atomic mass is 9.97. The molecule has 1 fully saturated rings. The van der Waals surface area contributed by atoms with E-state index in [0.29, 0.717) is 39.0 Å². The molecule has 1 saturated heterocycles. The molecular formula is C18H25NO4. The number of benzene rings is 1. The average molecular weight is 319 g/mol. The predicted molar refractivity (Wildman–Crippen MR) is 87.3 cm³/mol. The van der Waals surface area contributed by atoms with Crippen molar-refractivity contribution >= 4 is 11.9 Å². The minimum Gasteiger partial charge on any atom is -0.493 e. The quantitative estimate of drug-likeness (QED) is 0.783. The van der Waals surface area contributed by atoms with Gasteiger partial charge in [-0.15, -0.1) is 0 Å². The summed E-state index contributed by atoms with van der Waals surface area (Å²) >= 11 is 0. The van der Waals surface area contributed by atoms with E-state index in [-0.39, 0.29) is 17.8 Å². The Kier molecular flexibility index (Phi) is 6.02. The normalized spacial score (nSPS) is 15.3. The number of carbonyl (C=O) groups is 2. The molecule has 1 aliphatic heterocycles. The van der Waals surface area contributed by atoms with E-state index in [2.05, 4.69) is 6.07 Å². The fraction of sp³-hybridized carbons (Fsp3) is 0.556. The summed E-state index contributed by atoms with van der Waals surface area (Å²) in [5.74, 6) is 0.664. The molecule has 23 heavy (non-hydrogen) atoms. The Balaban J connectivity index is 1.74. The Morgan fingerprint density at radius 1 is 1.22 bits per heavy atom. The molecule has 0 radical (unpaired) electrons. The van der Waals surface area contributed by atoms with E-state index in [1.807, 2.05) is 30.9 Å². The molecule has 0 bridgehead atoms. The predicted octanol–water partition coefficient (Wildman–Crippen LogP) is 2.48. The van der Waals surface area contributed by atoms with Gasteiger partial charge in [0.25, 0.3) is 0 Å². The Labute approximate surface area is 137 Å². The van der Waals surface area contributed by atoms with Gasteiger partial charge in [0.2, 0.25) is 5.91 Å². The Hall–Kier alpha value is -2.04. The molecule has 0 unspecified atom stereocenters. The SMILES string of the molecule is COC(=O)C1CCN(C(=O)CCOc2ccc(C)cc2C)CC1. The monoisotopic (exact) mass is 319 g/mol. The fourth-order valence-corrected chi connectivity index (χ4v) is 2.90. The molecule has 0 spiro atoms. The zero-order chi connectivity index (χ0) is 16.8. The van der Waals surface area contributed by atoms with E-state index in [0.717, 1.165) is 11.3 Å². The van der Waals surface area contributed by atoms with Crippen molar-refractivity contribution in [2.75, 3.05) is 26.8 Å². The van der Waals surface area contributed by atoms with Gasteiger partial charge in [0, 0.05) is 13.1 Å². The number of hydrogen-bond donors (Lipinski definition) is 0. The lowest BCUT2D eigenvalue weighted by Crippen LogP contribution is -2.40. The van der Waals surface area contributed by atoms with Crippen molar-refractivity contribution in [2.24, 2.45) is 5.92 Å². The molecule has 1 aliphatic rings. The highest BCUT2D eigenvalue weighted by atomic mass is 16.5. The maximum atomic E-state index is 12.2. The minimum absolute atomic E-state index is 0.0736. The topological polar surface area (TPSA) is 55.8 Å². The number of nitrogens with zero attached hydrogens (tertiary/aromatic N) is 1. The summed E-state index contributed by atoms with van der Waals surface area (Å²) in [5.41, 5.74) is 2.27. The molecule has 0 saturated carbocycles. The van der Waals surface area contributed by atoms with Crippen LogP contribution in [0, 0.1) is 19.8 Å². The molecule has 1 aromatic carbocycles. The standard InChI is InChI=1S/C18H25NO4/c1-13-4-5-16(14(2)12-13)23-11-8-17(20)19-9-6-15(7-10-19)18(21)22-3/h4-5,12,15H,6-11H2,1-3H3. The van der Waals surface area contributed by atoms with E-state index in [4.69, 9.17) is 9.47 Å². The van der Waals surface area contributed by atoms with Crippen molar-refractivity contribution in [1.82, 2.24) is 4.90 Å². The maximum Gasteiger partial charge on any atom is 0.308 e. The Morgan fingerprint density at radius 2 is 1.91 bits per heavy atom. The first-order valence-electron chi connectivity index (χ1n) is 8.07. The van der Waals surface area contributed by atoms with E-state index in [1.165, 1.54) is 12.7 Å². The third-order valence-electron chi connectivity index (χ3n) is 4.29. The molecule has 1 heterocycles. The summed E-state index contributed by atoms with van der Waals surface area (Å²) in [6.07, 6.45) is 1.71. The van der Waals surface area contributed by atoms with Gasteiger partial charge in [-0.3, -0.25) is 9.59 Å². The van der Waals surface area contributed by atoms with Crippen LogP contribution < -0.4 is 4.74 Å². The zero-order valence-corrected chi connectivity index (χ0v) is 14.1. The number of rotatable bonds is 5. The maximum absolute atomic E-state index is 12.2. The lowest BCUT2D eigenvalue weighted by molar-refractivity contribution is -0.149. The molecule has 126 valence electrons. The number of aryl methyl sites for hydroxylation is 2. The highest BCUT2D eigenvalue weighted by Crippen LogP contribution is 2.20. The van der Waals surface area contributed by atoms with Crippen LogP contribution in [0.3, 0.4) is 0 Å². The summed E-state index contributed by atoms with van der Waals surface area (Å²) < 4.78 is 10.5. The van der Waals surface area contributed by atoms with Gasteiger partial charge >= 0.3 is 5.97 Å². The molecule has 5 heteroatoms. The van der Waals surface area contributed by atoms with Crippen molar-refractivity contribution in [3.05, 3.63) is 29.3 Å². The second-order valence-electron chi connectivity index (χ2n) is 6.05. The van der Waals surface area contributed by atoms with Gasteiger partial charge in [-0.1, -0.05) is 17.7 Å². The second kappa shape index (κ2) is 7.99. The molecule has 0 N–H and O–H groups in total. The zero-order valence-electron chi connectivity index (χ0n) is 14.1. The average Bonchev–Trinajstić information content (AvgIpc) is 2.56. The highest BCUT2D eigenvalue weighted by Gasteiger charge is 2.27. The van der Waals surface area contributed by atoms with Crippen LogP contribution in [0.5, 0.6) is 5.75 Å². The summed E-state index contributed by atoms with van der Waals surface area (Å²) in [6.45, 7) is 5.64.